The number of nitrogen functional groups attached to an aromatic ring is 1. The zero-order valence-electron chi connectivity index (χ0n) is 12.0. The van der Waals surface area contributed by atoms with Crippen LogP contribution >= 0.6 is 11.6 Å². The Morgan fingerprint density at radius 2 is 2.00 bits per heavy atom. The Balaban J connectivity index is 2.45. The van der Waals surface area contributed by atoms with Crippen LogP contribution in [-0.2, 0) is 10.0 Å². The number of hydrogen-bond acceptors (Lipinski definition) is 4. The van der Waals surface area contributed by atoms with Crippen molar-refractivity contribution in [2.45, 2.75) is 43.5 Å². The number of sulfonamides is 1. The first kappa shape index (κ1) is 16.5. The highest BCUT2D eigenvalue weighted by Gasteiger charge is 2.34. The van der Waals surface area contributed by atoms with Gasteiger partial charge < -0.3 is 10.8 Å². The number of hydrogen-bond donors (Lipinski definition) is 2. The van der Waals surface area contributed by atoms with Crippen LogP contribution in [0.2, 0.25) is 5.02 Å². The fourth-order valence-electron chi connectivity index (χ4n) is 2.78. The number of halogens is 1. The second-order valence-electron chi connectivity index (χ2n) is 5.42. The van der Waals surface area contributed by atoms with Crippen LogP contribution in [0.1, 0.15) is 31.2 Å². The quantitative estimate of drug-likeness (QED) is 0.809. The maximum atomic E-state index is 12.9. The monoisotopic (exact) mass is 332 g/mol. The van der Waals surface area contributed by atoms with Gasteiger partial charge in [-0.05, 0) is 37.5 Å². The van der Waals surface area contributed by atoms with Crippen LogP contribution in [0.5, 0.6) is 0 Å². The Morgan fingerprint density at radius 1 is 1.38 bits per heavy atom. The van der Waals surface area contributed by atoms with Gasteiger partial charge in [0.1, 0.15) is 4.90 Å². The van der Waals surface area contributed by atoms with Gasteiger partial charge in [0.15, 0.2) is 0 Å². The van der Waals surface area contributed by atoms with Gasteiger partial charge in [-0.15, -0.1) is 0 Å². The van der Waals surface area contributed by atoms with E-state index in [0.717, 1.165) is 31.2 Å². The summed E-state index contributed by atoms with van der Waals surface area (Å²) >= 11 is 6.11. The summed E-state index contributed by atoms with van der Waals surface area (Å²) in [7, 11) is -3.76. The van der Waals surface area contributed by atoms with E-state index in [1.807, 2.05) is 0 Å². The summed E-state index contributed by atoms with van der Waals surface area (Å²) in [4.78, 5) is 0.0209. The van der Waals surface area contributed by atoms with Crippen molar-refractivity contribution in [1.29, 1.82) is 0 Å². The third kappa shape index (κ3) is 3.34. The number of anilines is 1. The molecule has 0 aromatic heterocycles. The second kappa shape index (κ2) is 6.52. The number of nitrogens with zero attached hydrogens (tertiary/aromatic N) is 1. The molecule has 0 saturated heterocycles. The van der Waals surface area contributed by atoms with Gasteiger partial charge in [-0.3, -0.25) is 0 Å². The first-order chi connectivity index (χ1) is 9.87. The van der Waals surface area contributed by atoms with Gasteiger partial charge in [0.2, 0.25) is 10.0 Å². The van der Waals surface area contributed by atoms with Crippen LogP contribution in [0.4, 0.5) is 5.69 Å². The van der Waals surface area contributed by atoms with Gasteiger partial charge in [-0.2, -0.15) is 4.31 Å². The lowest BCUT2D eigenvalue weighted by molar-refractivity contribution is 0.226. The molecular formula is C14H21ClN2O3S. The van der Waals surface area contributed by atoms with Gasteiger partial charge >= 0.3 is 0 Å². The summed E-state index contributed by atoms with van der Waals surface area (Å²) in [6.07, 6.45) is 3.65. The van der Waals surface area contributed by atoms with E-state index < -0.39 is 10.0 Å². The first-order valence-electron chi connectivity index (χ1n) is 7.06. The van der Waals surface area contributed by atoms with E-state index in [-0.39, 0.29) is 29.1 Å². The van der Waals surface area contributed by atoms with Crippen molar-refractivity contribution >= 4 is 27.3 Å². The fraction of sp³-hybridized carbons (Fsp3) is 0.571. The average Bonchev–Trinajstić information content (AvgIpc) is 2.93. The molecule has 1 aromatic rings. The lowest BCUT2D eigenvalue weighted by atomic mass is 10.2. The fourth-order valence-corrected chi connectivity index (χ4v) is 5.05. The largest absolute Gasteiger partial charge is 0.398 e. The number of aliphatic hydroxyl groups excluding tert-OH is 1. The molecule has 3 N–H and O–H groups in total. The molecule has 1 aromatic carbocycles. The summed E-state index contributed by atoms with van der Waals surface area (Å²) < 4.78 is 27.1. The van der Waals surface area contributed by atoms with Crippen LogP contribution in [0.25, 0.3) is 0 Å². The Morgan fingerprint density at radius 3 is 2.57 bits per heavy atom. The van der Waals surface area contributed by atoms with Gasteiger partial charge in [0.25, 0.3) is 0 Å². The molecule has 1 fully saturated rings. The van der Waals surface area contributed by atoms with Crippen molar-refractivity contribution in [3.63, 3.8) is 0 Å². The van der Waals surface area contributed by atoms with E-state index in [9.17, 15) is 13.5 Å². The van der Waals surface area contributed by atoms with Crippen molar-refractivity contribution in [2.24, 2.45) is 0 Å². The van der Waals surface area contributed by atoms with E-state index in [4.69, 9.17) is 17.3 Å². The minimum atomic E-state index is -3.76. The smallest absolute Gasteiger partial charge is 0.244 e. The van der Waals surface area contributed by atoms with Crippen molar-refractivity contribution in [3.05, 3.63) is 22.7 Å². The number of benzene rings is 1. The normalized spacial score (nSPS) is 16.8. The molecule has 21 heavy (non-hydrogen) atoms. The van der Waals surface area contributed by atoms with Crippen molar-refractivity contribution < 1.29 is 13.5 Å². The SMILES string of the molecule is Cc1cc(Cl)c(S(=O)(=O)N(CCO)C2CCCC2)cc1N. The van der Waals surface area contributed by atoms with Crippen LogP contribution in [-0.4, -0.2) is 37.0 Å². The minimum absolute atomic E-state index is 0.0209. The van der Waals surface area contributed by atoms with Gasteiger partial charge in [0.05, 0.1) is 11.6 Å². The zero-order chi connectivity index (χ0) is 15.6. The number of nitrogens with two attached hydrogens (primary N) is 1. The standard InChI is InChI=1S/C14H21ClN2O3S/c1-10-8-12(15)14(9-13(10)16)21(19,20)17(6-7-18)11-4-2-3-5-11/h8-9,11,18H,2-7,16H2,1H3. The molecular weight excluding hydrogens is 312 g/mol. The predicted molar refractivity (Wildman–Crippen MR) is 83.8 cm³/mol. The molecule has 1 aliphatic rings. The van der Waals surface area contributed by atoms with E-state index in [2.05, 4.69) is 0 Å². The van der Waals surface area contributed by atoms with Crippen molar-refractivity contribution in [2.75, 3.05) is 18.9 Å². The summed E-state index contributed by atoms with van der Waals surface area (Å²) in [5.74, 6) is 0. The Bertz CT molecular complexity index is 613. The predicted octanol–water partition coefficient (Wildman–Crippen LogP) is 2.16. The Hall–Kier alpha value is -0.820. The lowest BCUT2D eigenvalue weighted by Crippen LogP contribution is -2.40. The Kier molecular flexibility index (Phi) is 5.14. The summed E-state index contributed by atoms with van der Waals surface area (Å²) in [6.45, 7) is 1.64. The molecule has 7 heteroatoms. The molecule has 0 spiro atoms. The summed E-state index contributed by atoms with van der Waals surface area (Å²) in [6, 6.07) is 2.91. The molecule has 0 amide bonds. The van der Waals surface area contributed by atoms with E-state index in [1.165, 1.54) is 10.4 Å². The van der Waals surface area contributed by atoms with Crippen LogP contribution < -0.4 is 5.73 Å². The molecule has 0 radical (unpaired) electrons. The number of aryl methyl sites for hydroxylation is 1. The molecule has 2 rings (SSSR count). The lowest BCUT2D eigenvalue weighted by Gasteiger charge is -2.28. The van der Waals surface area contributed by atoms with E-state index in [1.54, 1.807) is 13.0 Å². The maximum Gasteiger partial charge on any atom is 0.244 e. The third-order valence-corrected chi connectivity index (χ3v) is 6.38. The average molecular weight is 333 g/mol. The van der Waals surface area contributed by atoms with Gasteiger partial charge in [-0.25, -0.2) is 8.42 Å². The second-order valence-corrected chi connectivity index (χ2v) is 7.68. The minimum Gasteiger partial charge on any atom is -0.398 e. The van der Waals surface area contributed by atoms with Gasteiger partial charge in [0, 0.05) is 18.3 Å². The molecule has 0 unspecified atom stereocenters. The molecule has 1 aliphatic carbocycles. The molecule has 5 nitrogen and oxygen atoms in total. The summed E-state index contributed by atoms with van der Waals surface area (Å²) in [5, 5.41) is 9.38. The van der Waals surface area contributed by atoms with E-state index in [0.29, 0.717) is 5.69 Å². The zero-order valence-corrected chi connectivity index (χ0v) is 13.6. The molecule has 0 heterocycles. The number of rotatable bonds is 5. The van der Waals surface area contributed by atoms with E-state index >= 15 is 0 Å². The van der Waals surface area contributed by atoms with Crippen LogP contribution in [0.15, 0.2) is 17.0 Å². The third-order valence-electron chi connectivity index (χ3n) is 3.96. The Labute approximate surface area is 130 Å². The molecule has 0 atom stereocenters. The van der Waals surface area contributed by atoms with Crippen molar-refractivity contribution in [1.82, 2.24) is 4.31 Å². The highest BCUT2D eigenvalue weighted by molar-refractivity contribution is 7.89. The maximum absolute atomic E-state index is 12.9. The first-order valence-corrected chi connectivity index (χ1v) is 8.88. The van der Waals surface area contributed by atoms with Crippen LogP contribution in [0.3, 0.4) is 0 Å². The van der Waals surface area contributed by atoms with Crippen molar-refractivity contribution in [3.8, 4) is 0 Å². The van der Waals surface area contributed by atoms with Gasteiger partial charge in [-0.1, -0.05) is 24.4 Å². The number of aliphatic hydroxyl groups is 1. The molecule has 0 aliphatic heterocycles. The molecule has 118 valence electrons. The topological polar surface area (TPSA) is 83.6 Å². The highest BCUT2D eigenvalue weighted by Crippen LogP contribution is 2.33. The molecule has 0 bridgehead atoms. The summed E-state index contributed by atoms with van der Waals surface area (Å²) in [5.41, 5.74) is 6.96. The highest BCUT2D eigenvalue weighted by atomic mass is 35.5. The molecule has 1 saturated carbocycles. The van der Waals surface area contributed by atoms with Crippen LogP contribution in [0, 0.1) is 6.92 Å².